The molecule has 3 heteroatoms. The van der Waals surface area contributed by atoms with Crippen LogP contribution in [0.25, 0.3) is 11.1 Å². The number of fused-ring (bicyclic) bond motifs is 3. The summed E-state index contributed by atoms with van der Waals surface area (Å²) < 4.78 is 5.28. The van der Waals surface area contributed by atoms with Crippen LogP contribution >= 0.6 is 0 Å². The van der Waals surface area contributed by atoms with Crippen LogP contribution < -0.4 is 9.64 Å². The van der Waals surface area contributed by atoms with E-state index in [1.54, 1.807) is 7.11 Å². The zero-order valence-corrected chi connectivity index (χ0v) is 15.6. The summed E-state index contributed by atoms with van der Waals surface area (Å²) in [6, 6.07) is 26.6. The smallest absolute Gasteiger partial charge is 0.119 e. The Labute approximate surface area is 160 Å². The minimum atomic E-state index is 0.385. The van der Waals surface area contributed by atoms with Crippen molar-refractivity contribution in [3.8, 4) is 16.9 Å². The summed E-state index contributed by atoms with van der Waals surface area (Å²) in [5.74, 6) is 0.913. The second kappa shape index (κ2) is 6.75. The lowest BCUT2D eigenvalue weighted by atomic mass is 10.0. The standard InChI is InChI=1S/C24H24N2O/c1-27-19-12-10-18(11-13-19)25-14-16-26(17-15-25)24-22-8-4-2-6-20(22)21-7-3-5-9-23(21)24/h2-13,24H,14-17H2,1H3. The molecule has 0 atom stereocenters. The van der Waals surface area contributed by atoms with Crippen LogP contribution in [0.15, 0.2) is 72.8 Å². The van der Waals surface area contributed by atoms with Gasteiger partial charge >= 0.3 is 0 Å². The molecule has 0 saturated carbocycles. The summed E-state index contributed by atoms with van der Waals surface area (Å²) in [7, 11) is 1.71. The molecule has 1 heterocycles. The molecule has 0 spiro atoms. The maximum absolute atomic E-state index is 5.28. The van der Waals surface area contributed by atoms with Crippen molar-refractivity contribution in [2.24, 2.45) is 0 Å². The molecule has 0 N–H and O–H groups in total. The van der Waals surface area contributed by atoms with E-state index in [1.807, 2.05) is 12.1 Å². The Morgan fingerprint density at radius 3 is 1.81 bits per heavy atom. The van der Waals surface area contributed by atoms with Crippen molar-refractivity contribution in [2.75, 3.05) is 38.2 Å². The summed E-state index contributed by atoms with van der Waals surface area (Å²) >= 11 is 0. The maximum Gasteiger partial charge on any atom is 0.119 e. The lowest BCUT2D eigenvalue weighted by molar-refractivity contribution is 0.215. The van der Waals surface area contributed by atoms with Crippen molar-refractivity contribution in [1.29, 1.82) is 0 Å². The minimum absolute atomic E-state index is 0.385. The number of ether oxygens (including phenoxy) is 1. The van der Waals surface area contributed by atoms with E-state index in [9.17, 15) is 0 Å². The fourth-order valence-electron chi connectivity index (χ4n) is 4.55. The van der Waals surface area contributed by atoms with Crippen LogP contribution in [-0.4, -0.2) is 38.2 Å². The molecule has 0 aromatic heterocycles. The van der Waals surface area contributed by atoms with Gasteiger partial charge in [0.15, 0.2) is 0 Å². The Kier molecular flexibility index (Phi) is 4.10. The first-order chi connectivity index (χ1) is 13.3. The van der Waals surface area contributed by atoms with Gasteiger partial charge in [-0.3, -0.25) is 4.90 Å². The predicted octanol–water partition coefficient (Wildman–Crippen LogP) is 4.59. The molecule has 136 valence electrons. The Hall–Kier alpha value is -2.78. The lowest BCUT2D eigenvalue weighted by Gasteiger charge is -2.39. The van der Waals surface area contributed by atoms with E-state index in [2.05, 4.69) is 70.5 Å². The summed E-state index contributed by atoms with van der Waals surface area (Å²) in [6.45, 7) is 4.24. The van der Waals surface area contributed by atoms with Crippen LogP contribution in [0.1, 0.15) is 17.2 Å². The lowest BCUT2D eigenvalue weighted by Crippen LogP contribution is -2.47. The van der Waals surface area contributed by atoms with Crippen molar-refractivity contribution in [1.82, 2.24) is 4.90 Å². The van der Waals surface area contributed by atoms with Crippen molar-refractivity contribution in [3.63, 3.8) is 0 Å². The van der Waals surface area contributed by atoms with Gasteiger partial charge in [-0.2, -0.15) is 0 Å². The van der Waals surface area contributed by atoms with Gasteiger partial charge in [-0.25, -0.2) is 0 Å². The highest BCUT2D eigenvalue weighted by Crippen LogP contribution is 2.46. The predicted molar refractivity (Wildman–Crippen MR) is 111 cm³/mol. The average molecular weight is 356 g/mol. The monoisotopic (exact) mass is 356 g/mol. The number of hydrogen-bond donors (Lipinski definition) is 0. The average Bonchev–Trinajstić information content (AvgIpc) is 3.08. The molecule has 1 fully saturated rings. The second-order valence-electron chi connectivity index (χ2n) is 7.30. The molecule has 0 amide bonds. The first kappa shape index (κ1) is 16.4. The van der Waals surface area contributed by atoms with Crippen molar-refractivity contribution in [2.45, 2.75) is 6.04 Å². The van der Waals surface area contributed by atoms with E-state index in [0.717, 1.165) is 31.9 Å². The van der Waals surface area contributed by atoms with Gasteiger partial charge in [-0.1, -0.05) is 48.5 Å². The largest absolute Gasteiger partial charge is 0.497 e. The minimum Gasteiger partial charge on any atom is -0.497 e. The molecule has 27 heavy (non-hydrogen) atoms. The van der Waals surface area contributed by atoms with E-state index in [4.69, 9.17) is 4.74 Å². The molecule has 3 aromatic rings. The Morgan fingerprint density at radius 2 is 1.26 bits per heavy atom. The molecule has 0 radical (unpaired) electrons. The summed E-state index contributed by atoms with van der Waals surface area (Å²) in [5.41, 5.74) is 6.99. The number of hydrogen-bond acceptors (Lipinski definition) is 3. The zero-order chi connectivity index (χ0) is 18.2. The van der Waals surface area contributed by atoms with Gasteiger partial charge < -0.3 is 9.64 Å². The van der Waals surface area contributed by atoms with Crippen LogP contribution in [0.4, 0.5) is 5.69 Å². The molecule has 3 aromatic carbocycles. The van der Waals surface area contributed by atoms with Crippen LogP contribution in [0.3, 0.4) is 0 Å². The Balaban J connectivity index is 1.38. The second-order valence-corrected chi connectivity index (χ2v) is 7.30. The fourth-order valence-corrected chi connectivity index (χ4v) is 4.55. The molecule has 0 bridgehead atoms. The molecule has 5 rings (SSSR count). The van der Waals surface area contributed by atoms with Crippen LogP contribution in [-0.2, 0) is 0 Å². The highest BCUT2D eigenvalue weighted by Gasteiger charge is 2.34. The number of methoxy groups -OCH3 is 1. The number of nitrogens with zero attached hydrogens (tertiary/aromatic N) is 2. The van der Waals surface area contributed by atoms with Crippen molar-refractivity contribution in [3.05, 3.63) is 83.9 Å². The van der Waals surface area contributed by atoms with E-state index in [1.165, 1.54) is 27.9 Å². The van der Waals surface area contributed by atoms with E-state index in [0.29, 0.717) is 6.04 Å². The quantitative estimate of drug-likeness (QED) is 0.683. The number of anilines is 1. The third-order valence-corrected chi connectivity index (χ3v) is 5.92. The highest BCUT2D eigenvalue weighted by molar-refractivity contribution is 5.78. The number of rotatable bonds is 3. The van der Waals surface area contributed by atoms with Gasteiger partial charge in [0.25, 0.3) is 0 Å². The highest BCUT2D eigenvalue weighted by atomic mass is 16.5. The van der Waals surface area contributed by atoms with Gasteiger partial charge in [0.05, 0.1) is 13.2 Å². The van der Waals surface area contributed by atoms with E-state index >= 15 is 0 Å². The molecule has 0 unspecified atom stereocenters. The summed E-state index contributed by atoms with van der Waals surface area (Å²) in [5, 5.41) is 0. The maximum atomic E-state index is 5.28. The fraction of sp³-hybridized carbons (Fsp3) is 0.250. The molecule has 3 nitrogen and oxygen atoms in total. The molecule has 1 aliphatic heterocycles. The normalized spacial score (nSPS) is 16.9. The Morgan fingerprint density at radius 1 is 0.704 bits per heavy atom. The van der Waals surface area contributed by atoms with E-state index < -0.39 is 0 Å². The van der Waals surface area contributed by atoms with E-state index in [-0.39, 0.29) is 0 Å². The molecule has 1 saturated heterocycles. The van der Waals surface area contributed by atoms with Crippen LogP contribution in [0, 0.1) is 0 Å². The number of benzene rings is 3. The first-order valence-electron chi connectivity index (χ1n) is 9.66. The van der Waals surface area contributed by atoms with Gasteiger partial charge in [0.2, 0.25) is 0 Å². The van der Waals surface area contributed by atoms with Gasteiger partial charge in [-0.15, -0.1) is 0 Å². The van der Waals surface area contributed by atoms with Crippen LogP contribution in [0.2, 0.25) is 0 Å². The Bertz CT molecular complexity index is 897. The molecular weight excluding hydrogens is 332 g/mol. The van der Waals surface area contributed by atoms with Gasteiger partial charge in [0, 0.05) is 31.9 Å². The third-order valence-electron chi connectivity index (χ3n) is 5.92. The number of piperazine rings is 1. The molecular formula is C24H24N2O. The zero-order valence-electron chi connectivity index (χ0n) is 15.6. The van der Waals surface area contributed by atoms with Crippen molar-refractivity contribution >= 4 is 5.69 Å². The van der Waals surface area contributed by atoms with Crippen LogP contribution in [0.5, 0.6) is 5.75 Å². The van der Waals surface area contributed by atoms with Crippen molar-refractivity contribution < 1.29 is 4.74 Å². The first-order valence-corrected chi connectivity index (χ1v) is 9.66. The summed E-state index contributed by atoms with van der Waals surface area (Å²) in [6.07, 6.45) is 0. The molecule has 2 aliphatic rings. The topological polar surface area (TPSA) is 15.7 Å². The third kappa shape index (κ3) is 2.79. The summed E-state index contributed by atoms with van der Waals surface area (Å²) in [4.78, 5) is 5.12. The molecule has 1 aliphatic carbocycles. The SMILES string of the molecule is COc1ccc(N2CCN(C3c4ccccc4-c4ccccc43)CC2)cc1. The van der Waals surface area contributed by atoms with Gasteiger partial charge in [-0.05, 0) is 46.5 Å². The van der Waals surface area contributed by atoms with Gasteiger partial charge in [0.1, 0.15) is 5.75 Å².